The molecule has 152 valence electrons. The number of fused-ring (bicyclic) bond motifs is 2. The van der Waals surface area contributed by atoms with Crippen molar-refractivity contribution in [2.24, 2.45) is 11.8 Å². The summed E-state index contributed by atoms with van der Waals surface area (Å²) in [5.74, 6) is 0.00214. The van der Waals surface area contributed by atoms with Gasteiger partial charge < -0.3 is 4.90 Å². The molecule has 6 nitrogen and oxygen atoms in total. The fourth-order valence-corrected chi connectivity index (χ4v) is 4.38. The average Bonchev–Trinajstić information content (AvgIpc) is 3.35. The molecule has 0 saturated carbocycles. The Labute approximate surface area is 163 Å². The van der Waals surface area contributed by atoms with Crippen LogP contribution < -0.4 is 4.90 Å². The number of rotatable bonds is 3. The molecule has 2 aliphatic rings. The second kappa shape index (κ2) is 6.65. The molecule has 2 saturated heterocycles. The number of benzene rings is 1. The van der Waals surface area contributed by atoms with E-state index >= 15 is 0 Å². The second-order valence-electron chi connectivity index (χ2n) is 7.73. The number of nitrogens with zero attached hydrogens (tertiary/aromatic N) is 6. The molecule has 0 bridgehead atoms. The molecule has 5 rings (SSSR count). The number of aromatic nitrogens is 4. The van der Waals surface area contributed by atoms with Crippen LogP contribution in [0.1, 0.15) is 11.4 Å². The van der Waals surface area contributed by atoms with Crippen LogP contribution in [-0.2, 0) is 12.7 Å². The van der Waals surface area contributed by atoms with E-state index in [1.54, 1.807) is 18.2 Å². The van der Waals surface area contributed by atoms with E-state index in [4.69, 9.17) is 0 Å². The van der Waals surface area contributed by atoms with E-state index in [9.17, 15) is 17.6 Å². The van der Waals surface area contributed by atoms with E-state index in [0.29, 0.717) is 17.7 Å². The maximum absolute atomic E-state index is 13.1. The minimum atomic E-state index is -4.60. The van der Waals surface area contributed by atoms with Crippen molar-refractivity contribution in [2.45, 2.75) is 12.7 Å². The largest absolute Gasteiger partial charge is 0.453 e. The van der Waals surface area contributed by atoms with Crippen LogP contribution in [0, 0.1) is 17.7 Å². The molecule has 0 aliphatic carbocycles. The maximum atomic E-state index is 13.1. The molecule has 3 aromatic rings. The summed E-state index contributed by atoms with van der Waals surface area (Å²) in [6, 6.07) is 9.74. The van der Waals surface area contributed by atoms with Crippen LogP contribution in [0.4, 0.5) is 23.4 Å². The van der Waals surface area contributed by atoms with Gasteiger partial charge in [-0.25, -0.2) is 4.39 Å². The van der Waals surface area contributed by atoms with Gasteiger partial charge in [0.05, 0.1) is 0 Å². The molecule has 1 aromatic carbocycles. The summed E-state index contributed by atoms with van der Waals surface area (Å²) >= 11 is 0. The molecule has 0 amide bonds. The Morgan fingerprint density at radius 2 is 1.59 bits per heavy atom. The molecule has 4 heterocycles. The molecule has 2 aromatic heterocycles. The first-order chi connectivity index (χ1) is 13.9. The van der Waals surface area contributed by atoms with Gasteiger partial charge in [-0.1, -0.05) is 12.1 Å². The van der Waals surface area contributed by atoms with Gasteiger partial charge in [0, 0.05) is 32.7 Å². The Morgan fingerprint density at radius 1 is 0.897 bits per heavy atom. The highest BCUT2D eigenvalue weighted by Gasteiger charge is 2.41. The lowest BCUT2D eigenvalue weighted by molar-refractivity contribution is -0.146. The van der Waals surface area contributed by atoms with Crippen molar-refractivity contribution < 1.29 is 17.6 Å². The molecule has 0 spiro atoms. The summed E-state index contributed by atoms with van der Waals surface area (Å²) < 4.78 is 53.1. The normalized spacial score (nSPS) is 22.6. The molecule has 2 atom stereocenters. The van der Waals surface area contributed by atoms with Crippen LogP contribution in [0.15, 0.2) is 36.4 Å². The van der Waals surface area contributed by atoms with Crippen molar-refractivity contribution in [3.05, 3.63) is 53.6 Å². The Balaban J connectivity index is 1.28. The molecule has 0 N–H and O–H groups in total. The highest BCUT2D eigenvalue weighted by molar-refractivity contribution is 5.47. The lowest BCUT2D eigenvalue weighted by Crippen LogP contribution is -2.29. The van der Waals surface area contributed by atoms with Crippen LogP contribution in [0.3, 0.4) is 0 Å². The summed E-state index contributed by atoms with van der Waals surface area (Å²) in [5.41, 5.74) is 1.15. The van der Waals surface area contributed by atoms with Crippen LogP contribution in [0.5, 0.6) is 0 Å². The Bertz CT molecular complexity index is 1020. The van der Waals surface area contributed by atoms with Crippen LogP contribution >= 0.6 is 0 Å². The molecular formula is C19H18F4N6. The second-order valence-corrected chi connectivity index (χ2v) is 7.73. The predicted octanol–water partition coefficient (Wildman–Crippen LogP) is 2.85. The monoisotopic (exact) mass is 406 g/mol. The van der Waals surface area contributed by atoms with Crippen molar-refractivity contribution in [3.63, 3.8) is 0 Å². The zero-order valence-corrected chi connectivity index (χ0v) is 15.3. The molecule has 2 aliphatic heterocycles. The number of anilines is 1. The summed E-state index contributed by atoms with van der Waals surface area (Å²) in [6.45, 7) is 4.06. The number of alkyl halides is 3. The van der Waals surface area contributed by atoms with Gasteiger partial charge in [-0.3, -0.25) is 4.90 Å². The fraction of sp³-hybridized carbons (Fsp3) is 0.421. The summed E-state index contributed by atoms with van der Waals surface area (Å²) in [5, 5.41) is 10.9. The molecular weight excluding hydrogens is 388 g/mol. The zero-order valence-electron chi connectivity index (χ0n) is 15.3. The van der Waals surface area contributed by atoms with E-state index in [1.807, 2.05) is 4.90 Å². The third-order valence-corrected chi connectivity index (χ3v) is 5.71. The number of hydrogen-bond donors (Lipinski definition) is 0. The average molecular weight is 406 g/mol. The SMILES string of the molecule is Fc1ccc(CN2CC3CN(c4ccc5nnc(C(F)(F)F)n5n4)CC3C2)cc1. The van der Waals surface area contributed by atoms with Crippen molar-refractivity contribution in [1.82, 2.24) is 24.7 Å². The van der Waals surface area contributed by atoms with E-state index < -0.39 is 12.0 Å². The van der Waals surface area contributed by atoms with Gasteiger partial charge in [-0.2, -0.15) is 17.7 Å². The van der Waals surface area contributed by atoms with E-state index in [0.717, 1.165) is 42.8 Å². The lowest BCUT2D eigenvalue weighted by atomic mass is 10.0. The third kappa shape index (κ3) is 3.41. The summed E-state index contributed by atoms with van der Waals surface area (Å²) in [4.78, 5) is 4.38. The highest BCUT2D eigenvalue weighted by atomic mass is 19.4. The lowest BCUT2D eigenvalue weighted by Gasteiger charge is -2.22. The standard InChI is InChI=1S/C19H18F4N6/c20-15-3-1-12(2-4-15)7-27-8-13-10-28(11-14(13)9-27)17-6-5-16-24-25-18(19(21,22)23)29(16)26-17/h1-6,13-14H,7-11H2. The Kier molecular flexibility index (Phi) is 4.19. The van der Waals surface area contributed by atoms with Gasteiger partial charge in [0.15, 0.2) is 5.65 Å². The van der Waals surface area contributed by atoms with Gasteiger partial charge in [-0.15, -0.1) is 15.3 Å². The highest BCUT2D eigenvalue weighted by Crippen LogP contribution is 2.34. The topological polar surface area (TPSA) is 49.6 Å². The zero-order chi connectivity index (χ0) is 20.2. The number of halogens is 4. The van der Waals surface area contributed by atoms with Crippen molar-refractivity contribution >= 4 is 11.5 Å². The first-order valence-electron chi connectivity index (χ1n) is 9.38. The maximum Gasteiger partial charge on any atom is 0.453 e. The van der Waals surface area contributed by atoms with Crippen LogP contribution in [0.25, 0.3) is 5.65 Å². The van der Waals surface area contributed by atoms with Gasteiger partial charge in [-0.05, 0) is 41.7 Å². The van der Waals surface area contributed by atoms with Crippen LogP contribution in [-0.4, -0.2) is 50.9 Å². The molecule has 29 heavy (non-hydrogen) atoms. The van der Waals surface area contributed by atoms with E-state index in [2.05, 4.69) is 20.2 Å². The van der Waals surface area contributed by atoms with Crippen molar-refractivity contribution in [2.75, 3.05) is 31.1 Å². The molecule has 2 fully saturated rings. The molecule has 0 radical (unpaired) electrons. The van der Waals surface area contributed by atoms with Gasteiger partial charge >= 0.3 is 6.18 Å². The smallest absolute Gasteiger partial charge is 0.355 e. The first kappa shape index (κ1) is 18.3. The number of likely N-dealkylation sites (tertiary alicyclic amines) is 1. The first-order valence-corrected chi connectivity index (χ1v) is 9.38. The third-order valence-electron chi connectivity index (χ3n) is 5.71. The predicted molar refractivity (Wildman–Crippen MR) is 96.7 cm³/mol. The van der Waals surface area contributed by atoms with Gasteiger partial charge in [0.1, 0.15) is 11.6 Å². The number of hydrogen-bond acceptors (Lipinski definition) is 5. The van der Waals surface area contributed by atoms with Gasteiger partial charge in [0.2, 0.25) is 0 Å². The van der Waals surface area contributed by atoms with E-state index in [1.165, 1.54) is 18.2 Å². The minimum absolute atomic E-state index is 0.0749. The quantitative estimate of drug-likeness (QED) is 0.626. The van der Waals surface area contributed by atoms with Crippen LogP contribution in [0.2, 0.25) is 0 Å². The van der Waals surface area contributed by atoms with E-state index in [-0.39, 0.29) is 11.5 Å². The summed E-state index contributed by atoms with van der Waals surface area (Å²) in [7, 11) is 0. The van der Waals surface area contributed by atoms with Crippen molar-refractivity contribution in [3.8, 4) is 0 Å². The van der Waals surface area contributed by atoms with Crippen molar-refractivity contribution in [1.29, 1.82) is 0 Å². The minimum Gasteiger partial charge on any atom is -0.355 e. The molecule has 2 unspecified atom stereocenters. The van der Waals surface area contributed by atoms with Gasteiger partial charge in [0.25, 0.3) is 5.82 Å². The Morgan fingerprint density at radius 3 is 2.24 bits per heavy atom. The fourth-order valence-electron chi connectivity index (χ4n) is 4.38. The summed E-state index contributed by atoms with van der Waals surface area (Å²) in [6.07, 6.45) is -4.60. The Hall–Kier alpha value is -2.75. The molecule has 10 heteroatoms.